The number of aromatic nitrogens is 2. The highest BCUT2D eigenvalue weighted by atomic mass is 19.3. The Balaban J connectivity index is 1.39. The molecule has 10 nitrogen and oxygen atoms in total. The summed E-state index contributed by atoms with van der Waals surface area (Å²) in [5.74, 6) is -6.65. The maximum atomic E-state index is 15.5. The van der Waals surface area contributed by atoms with Crippen molar-refractivity contribution in [3.05, 3.63) is 77.4 Å². The van der Waals surface area contributed by atoms with Gasteiger partial charge in [-0.25, -0.2) is 26.7 Å². The first-order valence-electron chi connectivity index (χ1n) is 13.8. The Morgan fingerprint density at radius 1 is 1.09 bits per heavy atom. The molecule has 1 saturated heterocycles. The second kappa shape index (κ2) is 11.6. The minimum Gasteiger partial charge on any atom is -0.347 e. The number of hydrogen-bond donors (Lipinski definition) is 1. The number of nitrogens with zero attached hydrogens (tertiary/aromatic N) is 5. The predicted molar refractivity (Wildman–Crippen MR) is 149 cm³/mol. The van der Waals surface area contributed by atoms with Gasteiger partial charge in [-0.2, -0.15) is 5.10 Å². The zero-order valence-electron chi connectivity index (χ0n) is 24.4. The maximum absolute atomic E-state index is 15.5. The van der Waals surface area contributed by atoms with E-state index in [9.17, 15) is 32.3 Å². The molecule has 1 spiro atoms. The van der Waals surface area contributed by atoms with E-state index in [0.29, 0.717) is 23.0 Å². The van der Waals surface area contributed by atoms with Gasteiger partial charge in [-0.15, -0.1) is 0 Å². The fourth-order valence-corrected chi connectivity index (χ4v) is 5.45. The first kappa shape index (κ1) is 31.6. The third-order valence-electron chi connectivity index (χ3n) is 8.05. The number of hydrogen-bond acceptors (Lipinski definition) is 5. The number of carbonyl (C=O) groups excluding carboxylic acids is 4. The van der Waals surface area contributed by atoms with Gasteiger partial charge < -0.3 is 10.2 Å². The average molecular weight is 633 g/mol. The topological polar surface area (TPSA) is 108 Å². The van der Waals surface area contributed by atoms with Gasteiger partial charge in [-0.3, -0.25) is 28.9 Å². The molecule has 5 rings (SSSR count). The van der Waals surface area contributed by atoms with Gasteiger partial charge in [0, 0.05) is 38.8 Å². The molecule has 238 valence electrons. The molecule has 1 aromatic heterocycles. The van der Waals surface area contributed by atoms with E-state index >= 15 is 8.78 Å². The summed E-state index contributed by atoms with van der Waals surface area (Å²) in [5, 5.41) is 6.62. The average Bonchev–Trinajstić information content (AvgIpc) is 3.63. The van der Waals surface area contributed by atoms with Crippen LogP contribution >= 0.6 is 0 Å². The number of imide groups is 1. The van der Waals surface area contributed by atoms with E-state index in [2.05, 4.69) is 10.4 Å². The van der Waals surface area contributed by atoms with Crippen molar-refractivity contribution in [2.45, 2.75) is 50.4 Å². The lowest BCUT2D eigenvalue weighted by Gasteiger charge is -2.35. The molecule has 1 N–H and O–H groups in total. The summed E-state index contributed by atoms with van der Waals surface area (Å²) in [6, 6.07) is 7.84. The van der Waals surface area contributed by atoms with Gasteiger partial charge in [0.25, 0.3) is 12.3 Å². The standard InChI is InChI=1S/C30H29F5N6O4/c1-29(35,26(33)34)41(13-17-4-7-20(31)8-5-17)25(43)16-40-27(44)30(37-28(40)45)11-23(32)21-10-18(6-9-22(21)30)19-12-36-39(14-19)15-24(42)38(2)3/h4-10,12,14,23,26H,11,13,15-16H2,1-3H3,(H,37,45). The number of urea groups is 1. The van der Waals surface area contributed by atoms with Crippen LogP contribution < -0.4 is 5.32 Å². The van der Waals surface area contributed by atoms with Crippen LogP contribution in [0.15, 0.2) is 54.9 Å². The third-order valence-corrected chi connectivity index (χ3v) is 8.05. The molecule has 3 aromatic rings. The minimum absolute atomic E-state index is 0.0118. The monoisotopic (exact) mass is 632 g/mol. The fourth-order valence-electron chi connectivity index (χ4n) is 5.45. The van der Waals surface area contributed by atoms with Crippen molar-refractivity contribution < 1.29 is 41.1 Å². The highest BCUT2D eigenvalue weighted by molar-refractivity contribution is 6.10. The lowest BCUT2D eigenvalue weighted by Crippen LogP contribution is -2.54. The van der Waals surface area contributed by atoms with Crippen molar-refractivity contribution in [1.82, 2.24) is 29.8 Å². The fraction of sp³-hybridized carbons (Fsp3) is 0.367. The van der Waals surface area contributed by atoms with Gasteiger partial charge in [-0.05, 0) is 47.4 Å². The minimum atomic E-state index is -3.65. The second-order valence-electron chi connectivity index (χ2n) is 11.3. The molecule has 3 unspecified atom stereocenters. The maximum Gasteiger partial charge on any atom is 0.325 e. The lowest BCUT2D eigenvalue weighted by atomic mass is 9.90. The number of benzene rings is 2. The van der Waals surface area contributed by atoms with E-state index in [-0.39, 0.29) is 34.0 Å². The van der Waals surface area contributed by atoms with E-state index in [1.54, 1.807) is 26.4 Å². The number of rotatable bonds is 9. The van der Waals surface area contributed by atoms with Crippen LogP contribution in [-0.2, 0) is 33.0 Å². The normalized spacial score (nSPS) is 20.4. The van der Waals surface area contributed by atoms with E-state index in [4.69, 9.17) is 0 Å². The number of amides is 5. The largest absolute Gasteiger partial charge is 0.347 e. The number of fused-ring (bicyclic) bond motifs is 2. The predicted octanol–water partition coefficient (Wildman–Crippen LogP) is 3.92. The Morgan fingerprint density at radius 2 is 1.78 bits per heavy atom. The van der Waals surface area contributed by atoms with Crippen LogP contribution in [0.1, 0.15) is 36.2 Å². The quantitative estimate of drug-likeness (QED) is 0.219. The van der Waals surface area contributed by atoms with E-state index in [1.165, 1.54) is 40.0 Å². The summed E-state index contributed by atoms with van der Waals surface area (Å²) < 4.78 is 72.8. The summed E-state index contributed by atoms with van der Waals surface area (Å²) in [6.45, 7) is -1.34. The van der Waals surface area contributed by atoms with Gasteiger partial charge in [-0.1, -0.05) is 24.3 Å². The number of likely N-dealkylation sites (N-methyl/N-ethyl adjacent to an activating group) is 1. The summed E-state index contributed by atoms with van der Waals surface area (Å²) >= 11 is 0. The van der Waals surface area contributed by atoms with Crippen molar-refractivity contribution in [2.24, 2.45) is 0 Å². The smallest absolute Gasteiger partial charge is 0.325 e. The van der Waals surface area contributed by atoms with Crippen molar-refractivity contribution in [3.63, 3.8) is 0 Å². The Bertz CT molecular complexity index is 1660. The number of alkyl halides is 4. The zero-order chi connectivity index (χ0) is 32.8. The SMILES string of the molecule is CN(C)C(=O)Cn1cc(-c2ccc3c(c2)C(F)CC32NC(=O)N(CC(=O)N(Cc3ccc(F)cc3)C(C)(F)C(F)F)C2=O)cn1. The van der Waals surface area contributed by atoms with Crippen LogP contribution in [0.5, 0.6) is 0 Å². The second-order valence-corrected chi connectivity index (χ2v) is 11.3. The van der Waals surface area contributed by atoms with Gasteiger partial charge in [0.05, 0.1) is 6.20 Å². The Kier molecular flexibility index (Phi) is 8.14. The molecule has 3 atom stereocenters. The van der Waals surface area contributed by atoms with E-state index in [1.807, 2.05) is 0 Å². The Hall–Kier alpha value is -4.82. The molecule has 2 heterocycles. The molecular weight excluding hydrogens is 603 g/mol. The summed E-state index contributed by atoms with van der Waals surface area (Å²) in [5.41, 5.74) is -0.394. The van der Waals surface area contributed by atoms with Crippen molar-refractivity contribution in [2.75, 3.05) is 20.6 Å². The summed E-state index contributed by atoms with van der Waals surface area (Å²) in [4.78, 5) is 54.0. The summed E-state index contributed by atoms with van der Waals surface area (Å²) in [6.07, 6.45) is -2.75. The molecule has 0 saturated carbocycles. The molecular formula is C30H29F5N6O4. The molecule has 15 heteroatoms. The van der Waals surface area contributed by atoms with Crippen LogP contribution in [0.4, 0.5) is 26.7 Å². The Morgan fingerprint density at radius 3 is 2.42 bits per heavy atom. The third kappa shape index (κ3) is 5.73. The van der Waals surface area contributed by atoms with Crippen LogP contribution in [0.2, 0.25) is 0 Å². The van der Waals surface area contributed by atoms with Crippen molar-refractivity contribution in [1.29, 1.82) is 0 Å². The first-order chi connectivity index (χ1) is 21.1. The lowest BCUT2D eigenvalue weighted by molar-refractivity contribution is -0.169. The van der Waals surface area contributed by atoms with E-state index < -0.39 is 67.1 Å². The van der Waals surface area contributed by atoms with Gasteiger partial charge in [0.15, 0.2) is 0 Å². The number of nitrogens with one attached hydrogen (secondary N) is 1. The molecule has 1 fully saturated rings. The molecule has 45 heavy (non-hydrogen) atoms. The molecule has 2 aromatic carbocycles. The highest BCUT2D eigenvalue weighted by Gasteiger charge is 2.59. The molecule has 5 amide bonds. The van der Waals surface area contributed by atoms with Gasteiger partial charge in [0.1, 0.15) is 30.6 Å². The summed E-state index contributed by atoms with van der Waals surface area (Å²) in [7, 11) is 3.21. The van der Waals surface area contributed by atoms with Gasteiger partial charge in [0.2, 0.25) is 17.6 Å². The molecule has 2 aliphatic rings. The van der Waals surface area contributed by atoms with Crippen molar-refractivity contribution >= 4 is 23.8 Å². The van der Waals surface area contributed by atoms with Crippen LogP contribution in [0.25, 0.3) is 11.1 Å². The van der Waals surface area contributed by atoms with Crippen LogP contribution in [0.3, 0.4) is 0 Å². The first-order valence-corrected chi connectivity index (χ1v) is 13.8. The van der Waals surface area contributed by atoms with Gasteiger partial charge >= 0.3 is 6.03 Å². The van der Waals surface area contributed by atoms with E-state index in [0.717, 1.165) is 12.1 Å². The number of carbonyl (C=O) groups is 4. The molecule has 1 aliphatic carbocycles. The number of halogens is 5. The highest BCUT2D eigenvalue weighted by Crippen LogP contribution is 2.49. The van der Waals surface area contributed by atoms with Crippen LogP contribution in [0, 0.1) is 5.82 Å². The molecule has 0 bridgehead atoms. The molecule has 0 radical (unpaired) electrons. The van der Waals surface area contributed by atoms with Crippen molar-refractivity contribution in [3.8, 4) is 11.1 Å². The zero-order valence-corrected chi connectivity index (χ0v) is 24.4. The van der Waals surface area contributed by atoms with Crippen LogP contribution in [-0.4, -0.2) is 81.1 Å². The molecule has 1 aliphatic heterocycles. The Labute approximate surface area is 254 Å².